The van der Waals surface area contributed by atoms with E-state index in [0.717, 1.165) is 5.82 Å². The first-order valence-electron chi connectivity index (χ1n) is 6.31. The van der Waals surface area contributed by atoms with Gasteiger partial charge in [0.2, 0.25) is 5.88 Å². The first-order valence-corrected chi connectivity index (χ1v) is 6.31. The van der Waals surface area contributed by atoms with E-state index in [1.54, 1.807) is 6.07 Å². The predicted molar refractivity (Wildman–Crippen MR) is 74.0 cm³/mol. The minimum atomic E-state index is 0.0531. The zero-order valence-corrected chi connectivity index (χ0v) is 11.6. The number of aromatic nitrogens is 1. The Bertz CT molecular complexity index is 369. The van der Waals surface area contributed by atoms with E-state index in [9.17, 15) is 0 Å². The molecule has 0 aromatic carbocycles. The van der Waals surface area contributed by atoms with Crippen LogP contribution in [-0.2, 0) is 4.74 Å². The quantitative estimate of drug-likeness (QED) is 0.780. The van der Waals surface area contributed by atoms with Crippen LogP contribution in [0.2, 0.25) is 0 Å². The lowest BCUT2D eigenvalue weighted by Gasteiger charge is -2.15. The molecule has 0 aliphatic rings. The van der Waals surface area contributed by atoms with Crippen LogP contribution < -0.4 is 15.8 Å². The maximum atomic E-state index is 5.80. The van der Waals surface area contributed by atoms with Crippen molar-refractivity contribution in [1.29, 1.82) is 0 Å². The molecule has 1 atom stereocenters. The molecule has 0 saturated heterocycles. The normalized spacial score (nSPS) is 12.5. The van der Waals surface area contributed by atoms with Gasteiger partial charge < -0.3 is 20.5 Å². The van der Waals surface area contributed by atoms with Crippen LogP contribution in [0.3, 0.4) is 0 Å². The predicted octanol–water partition coefficient (Wildman–Crippen LogP) is 2.29. The molecular formula is C13H23N3O2. The molecule has 1 rings (SSSR count). The van der Waals surface area contributed by atoms with Crippen LogP contribution in [0.15, 0.2) is 12.1 Å². The maximum Gasteiger partial charge on any atom is 0.239 e. The van der Waals surface area contributed by atoms with E-state index >= 15 is 0 Å². The highest BCUT2D eigenvalue weighted by molar-refractivity contribution is 5.53. The van der Waals surface area contributed by atoms with E-state index in [1.165, 1.54) is 0 Å². The van der Waals surface area contributed by atoms with E-state index in [0.29, 0.717) is 24.7 Å². The van der Waals surface area contributed by atoms with Crippen LogP contribution in [0.25, 0.3) is 0 Å². The Hall–Kier alpha value is -1.49. The number of nitrogens with two attached hydrogens (primary N) is 1. The van der Waals surface area contributed by atoms with Crippen molar-refractivity contribution in [1.82, 2.24) is 4.98 Å². The second kappa shape index (κ2) is 7.06. The lowest BCUT2D eigenvalue weighted by atomic mass is 10.3. The molecule has 3 N–H and O–H groups in total. The molecule has 1 heterocycles. The molecular weight excluding hydrogens is 230 g/mol. The summed E-state index contributed by atoms with van der Waals surface area (Å²) in [7, 11) is 0. The summed E-state index contributed by atoms with van der Waals surface area (Å²) in [4.78, 5) is 4.33. The van der Waals surface area contributed by atoms with Gasteiger partial charge in [-0.1, -0.05) is 0 Å². The highest BCUT2D eigenvalue weighted by Crippen LogP contribution is 2.21. The van der Waals surface area contributed by atoms with Gasteiger partial charge in [-0.15, -0.1) is 0 Å². The number of ether oxygens (including phenoxy) is 2. The van der Waals surface area contributed by atoms with Gasteiger partial charge in [-0.2, -0.15) is 4.98 Å². The van der Waals surface area contributed by atoms with Gasteiger partial charge in [-0.3, -0.25) is 0 Å². The van der Waals surface area contributed by atoms with Crippen LogP contribution in [0.4, 0.5) is 11.5 Å². The Morgan fingerprint density at radius 1 is 1.33 bits per heavy atom. The summed E-state index contributed by atoms with van der Waals surface area (Å²) in [5.41, 5.74) is 6.35. The van der Waals surface area contributed by atoms with Crippen molar-refractivity contribution in [3.63, 3.8) is 0 Å². The number of nitrogen functional groups attached to an aromatic ring is 1. The fraction of sp³-hybridized carbons (Fsp3) is 0.615. The van der Waals surface area contributed by atoms with Crippen LogP contribution >= 0.6 is 0 Å². The monoisotopic (exact) mass is 253 g/mol. The lowest BCUT2D eigenvalue weighted by molar-refractivity contribution is 0.0854. The summed E-state index contributed by atoms with van der Waals surface area (Å²) in [5, 5.41) is 3.20. The zero-order chi connectivity index (χ0) is 13.5. The first kappa shape index (κ1) is 14.6. The molecule has 1 aromatic heterocycles. The molecule has 0 aliphatic carbocycles. The summed E-state index contributed by atoms with van der Waals surface area (Å²) < 4.78 is 11.0. The fourth-order valence-electron chi connectivity index (χ4n) is 1.46. The van der Waals surface area contributed by atoms with E-state index in [4.69, 9.17) is 15.2 Å². The van der Waals surface area contributed by atoms with E-state index in [2.05, 4.69) is 10.3 Å². The summed E-state index contributed by atoms with van der Waals surface area (Å²) in [5.74, 6) is 1.21. The average molecular weight is 253 g/mol. The van der Waals surface area contributed by atoms with Gasteiger partial charge in [-0.05, 0) is 39.8 Å². The molecule has 0 fully saturated rings. The minimum absolute atomic E-state index is 0.0531. The van der Waals surface area contributed by atoms with Gasteiger partial charge in [0.25, 0.3) is 0 Å². The second-order valence-corrected chi connectivity index (χ2v) is 4.40. The minimum Gasteiger partial charge on any atom is -0.473 e. The van der Waals surface area contributed by atoms with Gasteiger partial charge in [0.05, 0.1) is 17.9 Å². The molecule has 0 aliphatic heterocycles. The van der Waals surface area contributed by atoms with E-state index in [-0.39, 0.29) is 12.2 Å². The summed E-state index contributed by atoms with van der Waals surface area (Å²) in [6.07, 6.45) is 0.196. The summed E-state index contributed by atoms with van der Waals surface area (Å²) in [6.45, 7) is 9.29. The number of nitrogens with one attached hydrogen (secondary N) is 1. The third-order valence-corrected chi connectivity index (χ3v) is 2.26. The van der Waals surface area contributed by atoms with Crippen molar-refractivity contribution in [2.75, 3.05) is 24.2 Å². The number of pyridine rings is 1. The van der Waals surface area contributed by atoms with Crippen LogP contribution in [-0.4, -0.2) is 30.3 Å². The third kappa shape index (κ3) is 4.79. The van der Waals surface area contributed by atoms with Crippen molar-refractivity contribution >= 4 is 11.5 Å². The van der Waals surface area contributed by atoms with Crippen molar-refractivity contribution in [2.24, 2.45) is 0 Å². The van der Waals surface area contributed by atoms with Gasteiger partial charge in [-0.25, -0.2) is 0 Å². The molecule has 1 aromatic rings. The van der Waals surface area contributed by atoms with Gasteiger partial charge in [0.15, 0.2) is 0 Å². The molecule has 0 bridgehead atoms. The molecule has 0 radical (unpaired) electrons. The lowest BCUT2D eigenvalue weighted by Crippen LogP contribution is -2.20. The van der Waals surface area contributed by atoms with Gasteiger partial charge >= 0.3 is 0 Å². The van der Waals surface area contributed by atoms with E-state index < -0.39 is 0 Å². The molecule has 102 valence electrons. The molecule has 5 nitrogen and oxygen atoms in total. The highest BCUT2D eigenvalue weighted by Gasteiger charge is 2.07. The molecule has 18 heavy (non-hydrogen) atoms. The Morgan fingerprint density at radius 3 is 2.67 bits per heavy atom. The maximum absolute atomic E-state index is 5.80. The number of hydrogen-bond donors (Lipinski definition) is 2. The van der Waals surface area contributed by atoms with Crippen LogP contribution in [0.5, 0.6) is 5.88 Å². The third-order valence-electron chi connectivity index (χ3n) is 2.26. The first-order chi connectivity index (χ1) is 8.52. The molecule has 5 heteroatoms. The highest BCUT2D eigenvalue weighted by atomic mass is 16.5. The second-order valence-electron chi connectivity index (χ2n) is 4.40. The van der Waals surface area contributed by atoms with Crippen LogP contribution in [0.1, 0.15) is 27.7 Å². The SMILES string of the molecule is CCOC(C)CNc1ccc(N)c(OC(C)C)n1. The van der Waals surface area contributed by atoms with Crippen LogP contribution in [0, 0.1) is 0 Å². The van der Waals surface area contributed by atoms with Crippen molar-refractivity contribution < 1.29 is 9.47 Å². The van der Waals surface area contributed by atoms with Crippen molar-refractivity contribution in [2.45, 2.75) is 39.9 Å². The van der Waals surface area contributed by atoms with Crippen molar-refractivity contribution in [3.05, 3.63) is 12.1 Å². The van der Waals surface area contributed by atoms with Gasteiger partial charge in [0.1, 0.15) is 5.82 Å². The van der Waals surface area contributed by atoms with Crippen molar-refractivity contribution in [3.8, 4) is 5.88 Å². The standard InChI is InChI=1S/C13H23N3O2/c1-5-17-10(4)8-15-12-7-6-11(14)13(16-12)18-9(2)3/h6-7,9-10H,5,8,14H2,1-4H3,(H,15,16). The number of hydrogen-bond acceptors (Lipinski definition) is 5. The Balaban J connectivity index is 2.61. The number of rotatable bonds is 7. The molecule has 0 amide bonds. The Morgan fingerprint density at radius 2 is 2.06 bits per heavy atom. The molecule has 0 spiro atoms. The topological polar surface area (TPSA) is 69.4 Å². The Labute approximate surface area is 109 Å². The fourth-order valence-corrected chi connectivity index (χ4v) is 1.46. The number of nitrogens with zero attached hydrogens (tertiary/aromatic N) is 1. The average Bonchev–Trinajstić information content (AvgIpc) is 2.30. The smallest absolute Gasteiger partial charge is 0.239 e. The number of anilines is 2. The van der Waals surface area contributed by atoms with E-state index in [1.807, 2.05) is 33.8 Å². The zero-order valence-electron chi connectivity index (χ0n) is 11.6. The summed E-state index contributed by atoms with van der Waals surface area (Å²) >= 11 is 0. The summed E-state index contributed by atoms with van der Waals surface area (Å²) in [6, 6.07) is 3.62. The van der Waals surface area contributed by atoms with Gasteiger partial charge in [0, 0.05) is 13.2 Å². The Kier molecular flexibility index (Phi) is 5.71. The molecule has 1 unspecified atom stereocenters. The largest absolute Gasteiger partial charge is 0.473 e. The molecule has 0 saturated carbocycles.